The lowest BCUT2D eigenvalue weighted by Crippen LogP contribution is -2.01. The third kappa shape index (κ3) is 2.45. The van der Waals surface area contributed by atoms with Crippen molar-refractivity contribution in [2.45, 2.75) is 19.9 Å². The first-order valence-corrected chi connectivity index (χ1v) is 7.43. The summed E-state index contributed by atoms with van der Waals surface area (Å²) in [6.45, 7) is 2.93. The Morgan fingerprint density at radius 2 is 2.05 bits per heavy atom. The molecule has 0 aliphatic carbocycles. The molecule has 6 heteroatoms. The molecule has 21 heavy (non-hydrogen) atoms. The number of hydrogen-bond acceptors (Lipinski definition) is 3. The first kappa shape index (κ1) is 14.2. The number of aryl methyl sites for hydroxylation is 1. The second-order valence-electron chi connectivity index (χ2n) is 4.79. The highest BCUT2D eigenvalue weighted by Gasteiger charge is 2.15. The zero-order chi connectivity index (χ0) is 15.0. The summed E-state index contributed by atoms with van der Waals surface area (Å²) in [5.74, 6) is 1.12. The Balaban J connectivity index is 2.28. The number of rotatable bonds is 3. The Morgan fingerprint density at radius 1 is 1.24 bits per heavy atom. The lowest BCUT2D eigenvalue weighted by atomic mass is 10.2. The van der Waals surface area contributed by atoms with E-state index in [1.807, 2.05) is 18.2 Å². The van der Waals surface area contributed by atoms with Crippen molar-refractivity contribution in [2.24, 2.45) is 0 Å². The Bertz CT molecular complexity index is 811. The predicted molar refractivity (Wildman–Crippen MR) is 87.7 cm³/mol. The molecule has 0 radical (unpaired) electrons. The fourth-order valence-corrected chi connectivity index (χ4v) is 2.81. The molecular formula is C15H14Cl2N4. The molecule has 2 N–H and O–H groups in total. The first-order chi connectivity index (χ1) is 10.1. The van der Waals surface area contributed by atoms with Crippen LogP contribution < -0.4 is 5.73 Å². The molecule has 3 rings (SSSR count). The van der Waals surface area contributed by atoms with Gasteiger partial charge in [0.15, 0.2) is 0 Å². The molecule has 108 valence electrons. The van der Waals surface area contributed by atoms with Crippen LogP contribution >= 0.6 is 23.2 Å². The van der Waals surface area contributed by atoms with Crippen LogP contribution in [0.5, 0.6) is 0 Å². The van der Waals surface area contributed by atoms with Crippen molar-refractivity contribution in [3.63, 3.8) is 0 Å². The van der Waals surface area contributed by atoms with Crippen LogP contribution in [0.25, 0.3) is 22.4 Å². The summed E-state index contributed by atoms with van der Waals surface area (Å²) in [5, 5.41) is 1.11. The van der Waals surface area contributed by atoms with Crippen molar-refractivity contribution in [3.05, 3.63) is 40.5 Å². The van der Waals surface area contributed by atoms with Crippen LogP contribution in [0.2, 0.25) is 10.0 Å². The molecule has 0 atom stereocenters. The number of nitrogens with zero attached hydrogens (tertiary/aromatic N) is 3. The van der Waals surface area contributed by atoms with Gasteiger partial charge < -0.3 is 10.3 Å². The number of para-hydroxylation sites is 1. The Labute approximate surface area is 132 Å². The largest absolute Gasteiger partial charge is 0.382 e. The molecular weight excluding hydrogens is 307 g/mol. The monoisotopic (exact) mass is 320 g/mol. The summed E-state index contributed by atoms with van der Waals surface area (Å²) in [6, 6.07) is 7.50. The molecule has 4 nitrogen and oxygen atoms in total. The molecule has 2 heterocycles. The van der Waals surface area contributed by atoms with Gasteiger partial charge in [-0.1, -0.05) is 36.2 Å². The van der Waals surface area contributed by atoms with E-state index in [0.717, 1.165) is 35.4 Å². The third-order valence-electron chi connectivity index (χ3n) is 3.29. The smallest absolute Gasteiger partial charge is 0.142 e. The van der Waals surface area contributed by atoms with Crippen LogP contribution in [0.3, 0.4) is 0 Å². The number of nitrogen functional groups attached to an aromatic ring is 1. The van der Waals surface area contributed by atoms with Crippen LogP contribution in [0.15, 0.2) is 30.5 Å². The van der Waals surface area contributed by atoms with E-state index in [1.54, 1.807) is 12.3 Å². The lowest BCUT2D eigenvalue weighted by Gasteiger charge is -2.09. The van der Waals surface area contributed by atoms with Gasteiger partial charge in [0.05, 0.1) is 21.1 Å². The number of nitrogens with two attached hydrogens (primary N) is 1. The molecule has 0 aliphatic heterocycles. The summed E-state index contributed by atoms with van der Waals surface area (Å²) < 4.78 is 2.10. The summed E-state index contributed by atoms with van der Waals surface area (Å²) in [6.07, 6.45) is 2.66. The van der Waals surface area contributed by atoms with Gasteiger partial charge in [0.2, 0.25) is 0 Å². The summed E-state index contributed by atoms with van der Waals surface area (Å²) >= 11 is 12.4. The van der Waals surface area contributed by atoms with E-state index in [0.29, 0.717) is 15.9 Å². The van der Waals surface area contributed by atoms with Crippen molar-refractivity contribution in [2.75, 3.05) is 5.73 Å². The van der Waals surface area contributed by atoms with Crippen LogP contribution in [0, 0.1) is 0 Å². The first-order valence-electron chi connectivity index (χ1n) is 6.68. The minimum atomic E-state index is 0.316. The Hall–Kier alpha value is -1.78. The quantitative estimate of drug-likeness (QED) is 0.778. The van der Waals surface area contributed by atoms with E-state index in [1.165, 1.54) is 0 Å². The van der Waals surface area contributed by atoms with Crippen molar-refractivity contribution in [1.29, 1.82) is 0 Å². The fourth-order valence-electron chi connectivity index (χ4n) is 2.37. The molecule has 0 bridgehead atoms. The minimum Gasteiger partial charge on any atom is -0.382 e. The van der Waals surface area contributed by atoms with E-state index in [4.69, 9.17) is 28.9 Å². The van der Waals surface area contributed by atoms with Gasteiger partial charge in [-0.05, 0) is 24.6 Å². The topological polar surface area (TPSA) is 56.7 Å². The van der Waals surface area contributed by atoms with Gasteiger partial charge in [0, 0.05) is 18.3 Å². The van der Waals surface area contributed by atoms with E-state index in [-0.39, 0.29) is 0 Å². The molecule has 0 fully saturated rings. The van der Waals surface area contributed by atoms with Gasteiger partial charge in [-0.25, -0.2) is 9.97 Å². The number of hydrogen-bond donors (Lipinski definition) is 1. The van der Waals surface area contributed by atoms with Crippen molar-refractivity contribution in [3.8, 4) is 11.4 Å². The minimum absolute atomic E-state index is 0.316. The van der Waals surface area contributed by atoms with E-state index >= 15 is 0 Å². The maximum absolute atomic E-state index is 6.33. The highest BCUT2D eigenvalue weighted by molar-refractivity contribution is 6.35. The normalized spacial score (nSPS) is 11.2. The standard InChI is InChI=1S/C15H14Cl2N4/c1-2-6-21-13-10(16)4-3-5-12(13)20-15(21)9-7-11(17)14(18)19-8-9/h3-5,7-8H,2,6H2,1H3,(H2,18,19). The van der Waals surface area contributed by atoms with Gasteiger partial charge in [-0.15, -0.1) is 0 Å². The second-order valence-corrected chi connectivity index (χ2v) is 5.60. The van der Waals surface area contributed by atoms with Crippen LogP contribution in [0.4, 0.5) is 5.82 Å². The Kier molecular flexibility index (Phi) is 3.74. The molecule has 2 aromatic heterocycles. The maximum Gasteiger partial charge on any atom is 0.142 e. The number of benzene rings is 1. The predicted octanol–water partition coefficient (Wildman–Crippen LogP) is 4.40. The molecule has 3 aromatic rings. The van der Waals surface area contributed by atoms with Crippen molar-refractivity contribution < 1.29 is 0 Å². The molecule has 0 amide bonds. The average Bonchev–Trinajstić information content (AvgIpc) is 2.83. The van der Waals surface area contributed by atoms with E-state index in [2.05, 4.69) is 21.5 Å². The molecule has 1 aromatic carbocycles. The summed E-state index contributed by atoms with van der Waals surface area (Å²) in [4.78, 5) is 8.78. The van der Waals surface area contributed by atoms with E-state index in [9.17, 15) is 0 Å². The second kappa shape index (κ2) is 5.54. The van der Waals surface area contributed by atoms with Gasteiger partial charge >= 0.3 is 0 Å². The van der Waals surface area contributed by atoms with Crippen LogP contribution in [-0.2, 0) is 6.54 Å². The average molecular weight is 321 g/mol. The van der Waals surface area contributed by atoms with Crippen LogP contribution in [0.1, 0.15) is 13.3 Å². The molecule has 0 saturated carbocycles. The molecule has 0 unspecified atom stereocenters. The zero-order valence-corrected chi connectivity index (χ0v) is 13.0. The van der Waals surface area contributed by atoms with Gasteiger partial charge in [-0.2, -0.15) is 0 Å². The third-order valence-corrected chi connectivity index (χ3v) is 3.90. The SMILES string of the molecule is CCCn1c(-c2cnc(N)c(Cl)c2)nc2cccc(Cl)c21. The number of halogens is 2. The Morgan fingerprint density at radius 3 is 2.76 bits per heavy atom. The van der Waals surface area contributed by atoms with Crippen LogP contribution in [-0.4, -0.2) is 14.5 Å². The number of aromatic nitrogens is 3. The fraction of sp³-hybridized carbons (Fsp3) is 0.200. The number of pyridine rings is 1. The lowest BCUT2D eigenvalue weighted by molar-refractivity contribution is 0.704. The van der Waals surface area contributed by atoms with Gasteiger partial charge in [-0.3, -0.25) is 0 Å². The number of imidazole rings is 1. The highest BCUT2D eigenvalue weighted by atomic mass is 35.5. The highest BCUT2D eigenvalue weighted by Crippen LogP contribution is 2.31. The molecule has 0 spiro atoms. The van der Waals surface area contributed by atoms with Crippen molar-refractivity contribution >= 4 is 40.1 Å². The summed E-state index contributed by atoms with van der Waals surface area (Å²) in [7, 11) is 0. The number of fused-ring (bicyclic) bond motifs is 1. The van der Waals surface area contributed by atoms with Crippen molar-refractivity contribution in [1.82, 2.24) is 14.5 Å². The molecule has 0 aliphatic rings. The number of anilines is 1. The van der Waals surface area contributed by atoms with Gasteiger partial charge in [0.1, 0.15) is 11.6 Å². The summed E-state index contributed by atoms with van der Waals surface area (Å²) in [5.41, 5.74) is 8.29. The maximum atomic E-state index is 6.33. The van der Waals surface area contributed by atoms with E-state index < -0.39 is 0 Å². The van der Waals surface area contributed by atoms with Gasteiger partial charge in [0.25, 0.3) is 0 Å². The zero-order valence-electron chi connectivity index (χ0n) is 11.5. The molecule has 0 saturated heterocycles.